The number of Topliss-reactive ketones (excluding diaryl/α,β-unsaturated/α-hetero) is 1. The highest BCUT2D eigenvalue weighted by atomic mass is 32.2. The van der Waals surface area contributed by atoms with Gasteiger partial charge in [-0.1, -0.05) is 25.1 Å². The number of hydrogen-bond donors (Lipinski definition) is 0. The first kappa shape index (κ1) is 9.78. The topological polar surface area (TPSA) is 17.1 Å². The van der Waals surface area contributed by atoms with Gasteiger partial charge < -0.3 is 0 Å². The fraction of sp³-hybridized carbons (Fsp3) is 0.417. The zero-order valence-electron chi connectivity index (χ0n) is 8.32. The summed E-state index contributed by atoms with van der Waals surface area (Å²) >= 11 is 1.81. The average molecular weight is 206 g/mol. The normalized spacial score (nSPS) is 21.5. The maximum absolute atomic E-state index is 11.8. The van der Waals surface area contributed by atoms with E-state index in [1.54, 1.807) is 0 Å². The van der Waals surface area contributed by atoms with Gasteiger partial charge in [0, 0.05) is 23.0 Å². The van der Waals surface area contributed by atoms with Crippen LogP contribution >= 0.6 is 11.8 Å². The molecule has 0 aromatic heterocycles. The zero-order valence-corrected chi connectivity index (χ0v) is 9.14. The average Bonchev–Trinajstić information content (AvgIpc) is 2.36. The molecule has 14 heavy (non-hydrogen) atoms. The van der Waals surface area contributed by atoms with E-state index in [0.29, 0.717) is 5.78 Å². The number of fused-ring (bicyclic) bond motifs is 1. The molecule has 2 rings (SSSR count). The van der Waals surface area contributed by atoms with Gasteiger partial charge in [-0.2, -0.15) is 0 Å². The molecule has 0 bridgehead atoms. The standard InChI is InChI=1S/C12H14OS/c1-2-9-10-5-3-4-6-12(10)14-8-7-11(9)13/h3-6,9H,2,7-8H2,1H3. The summed E-state index contributed by atoms with van der Waals surface area (Å²) in [5, 5.41) is 0. The first-order chi connectivity index (χ1) is 6.83. The van der Waals surface area contributed by atoms with Crippen molar-refractivity contribution in [3.05, 3.63) is 29.8 Å². The summed E-state index contributed by atoms with van der Waals surface area (Å²) in [6.45, 7) is 2.09. The zero-order chi connectivity index (χ0) is 9.97. The Labute approximate surface area is 88.9 Å². The molecule has 2 heteroatoms. The molecule has 0 aliphatic carbocycles. The molecule has 0 fully saturated rings. The summed E-state index contributed by atoms with van der Waals surface area (Å²) in [6, 6.07) is 8.30. The quantitative estimate of drug-likeness (QED) is 0.701. The molecule has 0 spiro atoms. The molecule has 1 atom stereocenters. The summed E-state index contributed by atoms with van der Waals surface area (Å²) in [5.74, 6) is 1.48. The van der Waals surface area contributed by atoms with Crippen molar-refractivity contribution in [3.63, 3.8) is 0 Å². The number of carbonyl (C=O) groups is 1. The van der Waals surface area contributed by atoms with Crippen molar-refractivity contribution in [1.29, 1.82) is 0 Å². The molecular weight excluding hydrogens is 192 g/mol. The van der Waals surface area contributed by atoms with E-state index in [1.165, 1.54) is 10.5 Å². The molecule has 1 heterocycles. The van der Waals surface area contributed by atoms with Crippen molar-refractivity contribution < 1.29 is 4.79 Å². The summed E-state index contributed by atoms with van der Waals surface area (Å²) in [4.78, 5) is 13.1. The first-order valence-corrected chi connectivity index (χ1v) is 6.06. The second-order valence-corrected chi connectivity index (χ2v) is 4.70. The molecule has 1 nitrogen and oxygen atoms in total. The number of hydrogen-bond acceptors (Lipinski definition) is 2. The maximum atomic E-state index is 11.8. The SMILES string of the molecule is CCC1C(=O)CCSc2ccccc21. The van der Waals surface area contributed by atoms with Gasteiger partial charge in [-0.3, -0.25) is 4.79 Å². The smallest absolute Gasteiger partial charge is 0.141 e. The van der Waals surface area contributed by atoms with Crippen LogP contribution in [0, 0.1) is 0 Å². The molecule has 1 unspecified atom stereocenters. The summed E-state index contributed by atoms with van der Waals surface area (Å²) < 4.78 is 0. The van der Waals surface area contributed by atoms with E-state index in [9.17, 15) is 4.79 Å². The van der Waals surface area contributed by atoms with Gasteiger partial charge in [-0.05, 0) is 18.1 Å². The van der Waals surface area contributed by atoms with Crippen LogP contribution in [-0.2, 0) is 4.79 Å². The van der Waals surface area contributed by atoms with Crippen molar-refractivity contribution in [2.24, 2.45) is 0 Å². The molecule has 1 aliphatic heterocycles. The van der Waals surface area contributed by atoms with Crippen molar-refractivity contribution in [1.82, 2.24) is 0 Å². The highest BCUT2D eigenvalue weighted by Gasteiger charge is 2.23. The Morgan fingerprint density at radius 3 is 3.00 bits per heavy atom. The van der Waals surface area contributed by atoms with Gasteiger partial charge in [0.05, 0.1) is 0 Å². The van der Waals surface area contributed by atoms with E-state index in [-0.39, 0.29) is 5.92 Å². The van der Waals surface area contributed by atoms with Crippen molar-refractivity contribution in [2.45, 2.75) is 30.6 Å². The number of thioether (sulfide) groups is 1. The van der Waals surface area contributed by atoms with Gasteiger partial charge in [-0.25, -0.2) is 0 Å². The number of ketones is 1. The minimum atomic E-state index is 0.140. The predicted molar refractivity (Wildman–Crippen MR) is 59.8 cm³/mol. The van der Waals surface area contributed by atoms with Crippen LogP contribution in [0.2, 0.25) is 0 Å². The van der Waals surface area contributed by atoms with E-state index < -0.39 is 0 Å². The Hall–Kier alpha value is -0.760. The van der Waals surface area contributed by atoms with Crippen LogP contribution in [0.4, 0.5) is 0 Å². The van der Waals surface area contributed by atoms with Crippen LogP contribution in [-0.4, -0.2) is 11.5 Å². The third-order valence-corrected chi connectivity index (χ3v) is 3.79. The Morgan fingerprint density at radius 1 is 1.43 bits per heavy atom. The highest BCUT2D eigenvalue weighted by Crippen LogP contribution is 2.35. The number of benzene rings is 1. The summed E-state index contributed by atoms with van der Waals surface area (Å²) in [7, 11) is 0. The molecule has 0 radical (unpaired) electrons. The van der Waals surface area contributed by atoms with E-state index in [1.807, 2.05) is 23.9 Å². The van der Waals surface area contributed by atoms with Crippen molar-refractivity contribution in [3.8, 4) is 0 Å². The molecule has 0 saturated heterocycles. The largest absolute Gasteiger partial charge is 0.299 e. The third kappa shape index (κ3) is 1.71. The minimum Gasteiger partial charge on any atom is -0.299 e. The number of carbonyl (C=O) groups excluding carboxylic acids is 1. The minimum absolute atomic E-state index is 0.140. The molecular formula is C12H14OS. The van der Waals surface area contributed by atoms with Gasteiger partial charge in [0.15, 0.2) is 0 Å². The van der Waals surface area contributed by atoms with Crippen molar-refractivity contribution >= 4 is 17.5 Å². The second kappa shape index (κ2) is 4.18. The lowest BCUT2D eigenvalue weighted by atomic mass is 9.91. The van der Waals surface area contributed by atoms with E-state index in [0.717, 1.165) is 18.6 Å². The Kier molecular flexibility index (Phi) is 2.92. The van der Waals surface area contributed by atoms with Gasteiger partial charge in [-0.15, -0.1) is 11.8 Å². The Bertz CT molecular complexity index is 346. The second-order valence-electron chi connectivity index (χ2n) is 3.56. The van der Waals surface area contributed by atoms with Crippen LogP contribution in [0.15, 0.2) is 29.2 Å². The molecule has 0 amide bonds. The lowest BCUT2D eigenvalue weighted by molar-refractivity contribution is -0.120. The lowest BCUT2D eigenvalue weighted by Crippen LogP contribution is -2.10. The first-order valence-electron chi connectivity index (χ1n) is 5.07. The molecule has 1 aromatic rings. The fourth-order valence-corrected chi connectivity index (χ4v) is 3.03. The van der Waals surface area contributed by atoms with E-state index in [2.05, 4.69) is 19.1 Å². The van der Waals surface area contributed by atoms with E-state index >= 15 is 0 Å². The van der Waals surface area contributed by atoms with Gasteiger partial charge in [0.2, 0.25) is 0 Å². The van der Waals surface area contributed by atoms with Gasteiger partial charge in [0.25, 0.3) is 0 Å². The van der Waals surface area contributed by atoms with Crippen LogP contribution in [0.1, 0.15) is 31.2 Å². The van der Waals surface area contributed by atoms with Crippen LogP contribution in [0.3, 0.4) is 0 Å². The summed E-state index contributed by atoms with van der Waals surface area (Å²) in [5.41, 5.74) is 1.24. The van der Waals surface area contributed by atoms with Crippen LogP contribution < -0.4 is 0 Å². The van der Waals surface area contributed by atoms with Gasteiger partial charge in [0.1, 0.15) is 5.78 Å². The Morgan fingerprint density at radius 2 is 2.21 bits per heavy atom. The summed E-state index contributed by atoms with van der Waals surface area (Å²) in [6.07, 6.45) is 1.65. The predicted octanol–water partition coefficient (Wildman–Crippen LogP) is 3.25. The van der Waals surface area contributed by atoms with Gasteiger partial charge >= 0.3 is 0 Å². The molecule has 0 saturated carbocycles. The number of rotatable bonds is 1. The van der Waals surface area contributed by atoms with Crippen LogP contribution in [0.25, 0.3) is 0 Å². The highest BCUT2D eigenvalue weighted by molar-refractivity contribution is 7.99. The molecule has 1 aromatic carbocycles. The van der Waals surface area contributed by atoms with Crippen molar-refractivity contribution in [2.75, 3.05) is 5.75 Å². The fourth-order valence-electron chi connectivity index (χ4n) is 1.96. The molecule has 0 N–H and O–H groups in total. The van der Waals surface area contributed by atoms with E-state index in [4.69, 9.17) is 0 Å². The molecule has 1 aliphatic rings. The monoisotopic (exact) mass is 206 g/mol. The van der Waals surface area contributed by atoms with Crippen LogP contribution in [0.5, 0.6) is 0 Å². The maximum Gasteiger partial charge on any atom is 0.141 e. The molecule has 74 valence electrons. The lowest BCUT2D eigenvalue weighted by Gasteiger charge is -2.13. The Balaban J connectivity index is 2.44. The third-order valence-electron chi connectivity index (χ3n) is 2.70.